The van der Waals surface area contributed by atoms with Crippen LogP contribution in [0.4, 0.5) is 5.69 Å². The van der Waals surface area contributed by atoms with E-state index >= 15 is 0 Å². The molecular formula is C12H13NO4. The van der Waals surface area contributed by atoms with Crippen LogP contribution < -0.4 is 5.73 Å². The summed E-state index contributed by atoms with van der Waals surface area (Å²) in [6.45, 7) is 0. The molecule has 0 aliphatic carbocycles. The first-order chi connectivity index (χ1) is 8.04. The molecule has 0 heterocycles. The van der Waals surface area contributed by atoms with Crippen LogP contribution in [-0.4, -0.2) is 24.2 Å². The van der Waals surface area contributed by atoms with Crippen molar-refractivity contribution in [3.63, 3.8) is 0 Å². The van der Waals surface area contributed by atoms with Crippen molar-refractivity contribution in [2.45, 2.75) is 6.42 Å². The zero-order valence-corrected chi connectivity index (χ0v) is 9.34. The molecule has 1 aromatic carbocycles. The zero-order chi connectivity index (χ0) is 12.8. The zero-order valence-electron chi connectivity index (χ0n) is 9.34. The van der Waals surface area contributed by atoms with Crippen molar-refractivity contribution < 1.29 is 19.4 Å². The number of ether oxygens (including phenoxy) is 1. The van der Waals surface area contributed by atoms with E-state index in [1.807, 2.05) is 0 Å². The molecule has 5 heteroatoms. The van der Waals surface area contributed by atoms with Gasteiger partial charge in [0.25, 0.3) is 0 Å². The van der Waals surface area contributed by atoms with Crippen LogP contribution in [0.15, 0.2) is 24.3 Å². The number of benzene rings is 1. The lowest BCUT2D eigenvalue weighted by Crippen LogP contribution is -2.04. The molecular weight excluding hydrogens is 222 g/mol. The summed E-state index contributed by atoms with van der Waals surface area (Å²) in [5.74, 6) is -1.44. The van der Waals surface area contributed by atoms with E-state index in [1.165, 1.54) is 19.3 Å². The van der Waals surface area contributed by atoms with E-state index in [0.29, 0.717) is 16.8 Å². The molecule has 0 aliphatic rings. The first kappa shape index (κ1) is 12.8. The number of carbonyl (C=O) groups excluding carboxylic acids is 1. The van der Waals surface area contributed by atoms with Crippen LogP contribution in [0.5, 0.6) is 0 Å². The summed E-state index contributed by atoms with van der Waals surface area (Å²) in [6, 6.07) is 4.76. The number of aliphatic carboxylic acids is 1. The molecule has 0 spiro atoms. The second kappa shape index (κ2) is 5.69. The molecule has 1 rings (SSSR count). The van der Waals surface area contributed by atoms with Gasteiger partial charge in [-0.05, 0) is 17.7 Å². The molecule has 0 saturated carbocycles. The molecule has 5 nitrogen and oxygen atoms in total. The summed E-state index contributed by atoms with van der Waals surface area (Å²) in [5, 5.41) is 8.50. The summed E-state index contributed by atoms with van der Waals surface area (Å²) in [7, 11) is 1.27. The predicted octanol–water partition coefficient (Wildman–Crippen LogP) is 1.54. The molecule has 0 aromatic heterocycles. The molecule has 3 N–H and O–H groups in total. The highest BCUT2D eigenvalue weighted by molar-refractivity contribution is 5.94. The Morgan fingerprint density at radius 2 is 2.18 bits per heavy atom. The van der Waals surface area contributed by atoms with Gasteiger partial charge in [-0.2, -0.15) is 0 Å². The fraction of sp³-hybridized carbons (Fsp3) is 0.167. The number of esters is 1. The third kappa shape index (κ3) is 3.64. The number of nitrogens with two attached hydrogens (primary N) is 1. The van der Waals surface area contributed by atoms with E-state index in [1.54, 1.807) is 18.2 Å². The third-order valence-electron chi connectivity index (χ3n) is 2.07. The first-order valence-electron chi connectivity index (χ1n) is 4.90. The number of hydrogen-bond donors (Lipinski definition) is 2. The Morgan fingerprint density at radius 3 is 2.76 bits per heavy atom. The molecule has 0 atom stereocenters. The van der Waals surface area contributed by atoms with Crippen LogP contribution in [0.25, 0.3) is 6.08 Å². The minimum absolute atomic E-state index is 0.106. The molecule has 0 bridgehead atoms. The first-order valence-corrected chi connectivity index (χ1v) is 4.90. The maximum Gasteiger partial charge on any atom is 0.338 e. The normalized spacial score (nSPS) is 10.4. The Morgan fingerprint density at radius 1 is 1.47 bits per heavy atom. The van der Waals surface area contributed by atoms with E-state index < -0.39 is 11.9 Å². The van der Waals surface area contributed by atoms with Crippen molar-refractivity contribution in [2.24, 2.45) is 0 Å². The van der Waals surface area contributed by atoms with Crippen molar-refractivity contribution >= 4 is 23.7 Å². The van der Waals surface area contributed by atoms with Gasteiger partial charge in [-0.3, -0.25) is 4.79 Å². The van der Waals surface area contributed by atoms with Gasteiger partial charge in [-0.25, -0.2) is 4.79 Å². The van der Waals surface area contributed by atoms with Gasteiger partial charge in [0.05, 0.1) is 19.1 Å². The molecule has 1 aromatic rings. The number of rotatable bonds is 4. The van der Waals surface area contributed by atoms with Crippen molar-refractivity contribution in [2.75, 3.05) is 12.8 Å². The third-order valence-corrected chi connectivity index (χ3v) is 2.07. The summed E-state index contributed by atoms with van der Waals surface area (Å²) in [5.41, 5.74) is 6.91. The van der Waals surface area contributed by atoms with E-state index in [9.17, 15) is 9.59 Å². The second-order valence-electron chi connectivity index (χ2n) is 3.34. The minimum atomic E-state index is -0.934. The highest BCUT2D eigenvalue weighted by Gasteiger charge is 2.10. The Balaban J connectivity index is 3.02. The van der Waals surface area contributed by atoms with Gasteiger partial charge in [-0.1, -0.05) is 18.2 Å². The Hall–Kier alpha value is -2.30. The molecule has 0 fully saturated rings. The van der Waals surface area contributed by atoms with Crippen LogP contribution in [0.1, 0.15) is 22.3 Å². The quantitative estimate of drug-likeness (QED) is 0.610. The summed E-state index contributed by atoms with van der Waals surface area (Å²) in [6.07, 6.45) is 2.91. The van der Waals surface area contributed by atoms with Gasteiger partial charge >= 0.3 is 11.9 Å². The lowest BCUT2D eigenvalue weighted by Gasteiger charge is -2.05. The number of carboxylic acids is 1. The second-order valence-corrected chi connectivity index (χ2v) is 3.34. The minimum Gasteiger partial charge on any atom is -0.481 e. The van der Waals surface area contributed by atoms with Crippen LogP contribution in [0, 0.1) is 0 Å². The van der Waals surface area contributed by atoms with E-state index in [4.69, 9.17) is 10.8 Å². The number of methoxy groups -OCH3 is 1. The fourth-order valence-corrected chi connectivity index (χ4v) is 1.29. The predicted molar refractivity (Wildman–Crippen MR) is 63.5 cm³/mol. The SMILES string of the molecule is COC(=O)c1cc(N)ccc1C=CCC(=O)O. The summed E-state index contributed by atoms with van der Waals surface area (Å²) in [4.78, 5) is 21.8. The number of nitrogen functional groups attached to an aromatic ring is 1. The van der Waals surface area contributed by atoms with Crippen LogP contribution in [0.3, 0.4) is 0 Å². The molecule has 0 aliphatic heterocycles. The highest BCUT2D eigenvalue weighted by Crippen LogP contribution is 2.16. The van der Waals surface area contributed by atoms with Crippen molar-refractivity contribution in [3.8, 4) is 0 Å². The number of anilines is 1. The Bertz CT molecular complexity index is 466. The average molecular weight is 235 g/mol. The number of hydrogen-bond acceptors (Lipinski definition) is 4. The maximum atomic E-state index is 11.5. The van der Waals surface area contributed by atoms with Gasteiger partial charge in [0.1, 0.15) is 0 Å². The largest absolute Gasteiger partial charge is 0.481 e. The molecule has 0 saturated heterocycles. The smallest absolute Gasteiger partial charge is 0.338 e. The van der Waals surface area contributed by atoms with Crippen molar-refractivity contribution in [3.05, 3.63) is 35.4 Å². The number of carboxylic acid groups (broad SMARTS) is 1. The fourth-order valence-electron chi connectivity index (χ4n) is 1.29. The van der Waals surface area contributed by atoms with E-state index in [0.717, 1.165) is 0 Å². The topological polar surface area (TPSA) is 89.6 Å². The van der Waals surface area contributed by atoms with E-state index in [2.05, 4.69) is 4.74 Å². The van der Waals surface area contributed by atoms with E-state index in [-0.39, 0.29) is 6.42 Å². The lowest BCUT2D eigenvalue weighted by atomic mass is 10.1. The summed E-state index contributed by atoms with van der Waals surface area (Å²) >= 11 is 0. The van der Waals surface area contributed by atoms with Crippen LogP contribution >= 0.6 is 0 Å². The maximum absolute atomic E-state index is 11.5. The Kier molecular flexibility index (Phi) is 4.28. The van der Waals surface area contributed by atoms with Gasteiger partial charge in [-0.15, -0.1) is 0 Å². The Labute approximate surface area is 98.5 Å². The standard InChI is InChI=1S/C12H13NO4/c1-17-12(16)10-7-9(13)6-5-8(10)3-2-4-11(14)15/h2-3,5-7H,4,13H2,1H3,(H,14,15). The molecule has 17 heavy (non-hydrogen) atoms. The monoisotopic (exact) mass is 235 g/mol. The van der Waals surface area contributed by atoms with Crippen molar-refractivity contribution in [1.82, 2.24) is 0 Å². The van der Waals surface area contributed by atoms with Gasteiger partial charge < -0.3 is 15.6 Å². The van der Waals surface area contributed by atoms with Crippen molar-refractivity contribution in [1.29, 1.82) is 0 Å². The van der Waals surface area contributed by atoms with Crippen LogP contribution in [-0.2, 0) is 9.53 Å². The highest BCUT2D eigenvalue weighted by atomic mass is 16.5. The average Bonchev–Trinajstić information content (AvgIpc) is 2.29. The molecule has 0 amide bonds. The van der Waals surface area contributed by atoms with Gasteiger partial charge in [0.15, 0.2) is 0 Å². The molecule has 90 valence electrons. The van der Waals surface area contributed by atoms with Gasteiger partial charge in [0.2, 0.25) is 0 Å². The van der Waals surface area contributed by atoms with Gasteiger partial charge in [0, 0.05) is 5.69 Å². The number of carbonyl (C=O) groups is 2. The molecule has 0 unspecified atom stereocenters. The summed E-state index contributed by atoms with van der Waals surface area (Å²) < 4.78 is 4.61. The van der Waals surface area contributed by atoms with Crippen LogP contribution in [0.2, 0.25) is 0 Å². The molecule has 0 radical (unpaired) electrons. The lowest BCUT2D eigenvalue weighted by molar-refractivity contribution is -0.135.